The predicted octanol–water partition coefficient (Wildman–Crippen LogP) is 2.17. The number of aliphatic hydroxyl groups is 2. The second-order valence-electron chi connectivity index (χ2n) is 8.24. The van der Waals surface area contributed by atoms with Crippen LogP contribution >= 0.6 is 0 Å². The molecule has 2 aliphatic rings. The van der Waals surface area contributed by atoms with E-state index in [9.17, 15) is 15.5 Å². The molecule has 0 radical (unpaired) electrons. The normalized spacial score (nSPS) is 30.2. The molecule has 32 heavy (non-hydrogen) atoms. The van der Waals surface area contributed by atoms with E-state index in [1.54, 1.807) is 24.3 Å². The number of pyridine rings is 1. The van der Waals surface area contributed by atoms with Crippen LogP contribution in [-0.2, 0) is 11.2 Å². The standard InChI is InChI=1S/C25H23N3O4/c1-31-19-13-28-14-20-22(19)24(30)23(29)18(12-27)21(16-5-3-2-4-6-16)25(24,32-20)17-9-7-15(11-26)8-10-17/h2-10,13-14,18,21,23,29-30H,12,27H2,1H3/t18?,21?,23-,24+,25?/m1/s1. The number of nitriles is 1. The molecule has 1 aromatic heterocycles. The summed E-state index contributed by atoms with van der Waals surface area (Å²) < 4.78 is 12.1. The van der Waals surface area contributed by atoms with Gasteiger partial charge in [0.2, 0.25) is 0 Å². The molecule has 7 nitrogen and oxygen atoms in total. The van der Waals surface area contributed by atoms with Crippen LogP contribution in [0.5, 0.6) is 11.5 Å². The van der Waals surface area contributed by atoms with Gasteiger partial charge in [0.15, 0.2) is 11.2 Å². The fourth-order valence-corrected chi connectivity index (χ4v) is 5.59. The van der Waals surface area contributed by atoms with Crippen LogP contribution in [0.1, 0.15) is 28.2 Å². The van der Waals surface area contributed by atoms with Crippen molar-refractivity contribution in [2.75, 3.05) is 13.7 Å². The number of benzene rings is 2. The number of ether oxygens (including phenoxy) is 2. The Balaban J connectivity index is 1.86. The molecule has 7 heteroatoms. The maximum absolute atomic E-state index is 12.4. The average molecular weight is 429 g/mol. The first-order chi connectivity index (χ1) is 15.5. The van der Waals surface area contributed by atoms with Crippen molar-refractivity contribution in [3.05, 3.63) is 89.2 Å². The van der Waals surface area contributed by atoms with Crippen LogP contribution in [0, 0.1) is 17.2 Å². The first-order valence-corrected chi connectivity index (χ1v) is 10.4. The van der Waals surface area contributed by atoms with Gasteiger partial charge in [-0.05, 0) is 29.8 Å². The minimum absolute atomic E-state index is 0.132. The third kappa shape index (κ3) is 2.43. The van der Waals surface area contributed by atoms with Crippen LogP contribution in [0.3, 0.4) is 0 Å². The largest absolute Gasteiger partial charge is 0.495 e. The number of nitrogens with zero attached hydrogens (tertiary/aromatic N) is 2. The second-order valence-corrected chi connectivity index (χ2v) is 8.24. The highest BCUT2D eigenvalue weighted by molar-refractivity contribution is 5.59. The quantitative estimate of drug-likeness (QED) is 0.581. The van der Waals surface area contributed by atoms with Crippen LogP contribution < -0.4 is 15.2 Å². The van der Waals surface area contributed by atoms with Gasteiger partial charge < -0.3 is 25.4 Å². The minimum Gasteiger partial charge on any atom is -0.495 e. The molecule has 1 saturated carbocycles. The molecule has 1 aliphatic heterocycles. The van der Waals surface area contributed by atoms with E-state index < -0.39 is 29.1 Å². The molecule has 2 heterocycles. The van der Waals surface area contributed by atoms with E-state index in [2.05, 4.69) is 11.1 Å². The summed E-state index contributed by atoms with van der Waals surface area (Å²) in [7, 11) is 1.48. The molecule has 1 aliphatic carbocycles. The zero-order chi connectivity index (χ0) is 22.5. The summed E-state index contributed by atoms with van der Waals surface area (Å²) in [5.74, 6) is -0.335. The van der Waals surface area contributed by atoms with E-state index >= 15 is 0 Å². The molecular weight excluding hydrogens is 406 g/mol. The van der Waals surface area contributed by atoms with Crippen molar-refractivity contribution in [3.63, 3.8) is 0 Å². The topological polar surface area (TPSA) is 122 Å². The highest BCUT2D eigenvalue weighted by Crippen LogP contribution is 2.69. The molecule has 2 aromatic carbocycles. The SMILES string of the molecule is COc1cncc2c1[C@]1(O)[C@H](O)C(CN)C(c3ccccc3)C1(c1ccc(C#N)cc1)O2. The van der Waals surface area contributed by atoms with Gasteiger partial charge >= 0.3 is 0 Å². The van der Waals surface area contributed by atoms with E-state index in [0.717, 1.165) is 5.56 Å². The maximum atomic E-state index is 12.4. The number of aromatic nitrogens is 1. The summed E-state index contributed by atoms with van der Waals surface area (Å²) >= 11 is 0. The van der Waals surface area contributed by atoms with Crippen molar-refractivity contribution >= 4 is 0 Å². The van der Waals surface area contributed by atoms with E-state index in [0.29, 0.717) is 28.2 Å². The van der Waals surface area contributed by atoms with Gasteiger partial charge in [-0.2, -0.15) is 5.26 Å². The number of rotatable bonds is 4. The van der Waals surface area contributed by atoms with Crippen LogP contribution in [0.25, 0.3) is 0 Å². The third-order valence-corrected chi connectivity index (χ3v) is 6.89. The smallest absolute Gasteiger partial charge is 0.177 e. The Kier molecular flexibility index (Phi) is 4.68. The number of aliphatic hydroxyl groups excluding tert-OH is 1. The van der Waals surface area contributed by atoms with Crippen molar-refractivity contribution in [2.45, 2.75) is 23.2 Å². The fourth-order valence-electron chi connectivity index (χ4n) is 5.59. The summed E-state index contributed by atoms with van der Waals surface area (Å²) in [6, 6.07) is 18.6. The molecule has 0 bridgehead atoms. The Bertz CT molecular complexity index is 1190. The van der Waals surface area contributed by atoms with Crippen molar-refractivity contribution < 1.29 is 19.7 Å². The summed E-state index contributed by atoms with van der Waals surface area (Å²) in [5, 5.41) is 33.3. The lowest BCUT2D eigenvalue weighted by atomic mass is 9.70. The van der Waals surface area contributed by atoms with Gasteiger partial charge in [0.25, 0.3) is 0 Å². The van der Waals surface area contributed by atoms with Crippen LogP contribution in [0.2, 0.25) is 0 Å². The minimum atomic E-state index is -1.87. The summed E-state index contributed by atoms with van der Waals surface area (Å²) in [6.07, 6.45) is 1.77. The van der Waals surface area contributed by atoms with Gasteiger partial charge in [0.05, 0.1) is 42.8 Å². The maximum Gasteiger partial charge on any atom is 0.177 e. The summed E-state index contributed by atoms with van der Waals surface area (Å²) in [5.41, 5.74) is 5.23. The lowest BCUT2D eigenvalue weighted by Crippen LogP contribution is -2.52. The van der Waals surface area contributed by atoms with Crippen LogP contribution in [-0.4, -0.2) is 35.0 Å². The molecule has 5 atom stereocenters. The van der Waals surface area contributed by atoms with Crippen LogP contribution in [0.4, 0.5) is 0 Å². The Morgan fingerprint density at radius 2 is 1.88 bits per heavy atom. The van der Waals surface area contributed by atoms with Gasteiger partial charge in [0.1, 0.15) is 11.5 Å². The molecule has 162 valence electrons. The zero-order valence-corrected chi connectivity index (χ0v) is 17.5. The van der Waals surface area contributed by atoms with Gasteiger partial charge in [0, 0.05) is 11.8 Å². The Hall–Kier alpha value is -3.44. The third-order valence-electron chi connectivity index (χ3n) is 6.89. The number of hydrogen-bond acceptors (Lipinski definition) is 7. The van der Waals surface area contributed by atoms with E-state index in [-0.39, 0.29) is 6.54 Å². The lowest BCUT2D eigenvalue weighted by Gasteiger charge is -2.41. The average Bonchev–Trinajstić information content (AvgIpc) is 3.22. The van der Waals surface area contributed by atoms with Gasteiger partial charge in [-0.3, -0.25) is 4.98 Å². The highest BCUT2D eigenvalue weighted by Gasteiger charge is 2.76. The van der Waals surface area contributed by atoms with Crippen molar-refractivity contribution in [2.24, 2.45) is 11.7 Å². The number of fused-ring (bicyclic) bond motifs is 3. The van der Waals surface area contributed by atoms with E-state index in [1.165, 1.54) is 19.5 Å². The number of nitrogens with two attached hydrogens (primary N) is 1. The van der Waals surface area contributed by atoms with Crippen molar-refractivity contribution in [3.8, 4) is 17.6 Å². The number of methoxy groups -OCH3 is 1. The first-order valence-electron chi connectivity index (χ1n) is 10.4. The molecule has 1 fully saturated rings. The Morgan fingerprint density at radius 1 is 1.16 bits per heavy atom. The molecule has 4 N–H and O–H groups in total. The molecule has 0 saturated heterocycles. The Labute approximate surface area is 185 Å². The Morgan fingerprint density at radius 3 is 2.50 bits per heavy atom. The highest BCUT2D eigenvalue weighted by atomic mass is 16.5. The van der Waals surface area contributed by atoms with E-state index in [1.807, 2.05) is 30.3 Å². The van der Waals surface area contributed by atoms with E-state index in [4.69, 9.17) is 15.2 Å². The second kappa shape index (κ2) is 7.31. The van der Waals surface area contributed by atoms with Gasteiger partial charge in [-0.25, -0.2) is 0 Å². The van der Waals surface area contributed by atoms with Crippen LogP contribution in [0.15, 0.2) is 67.0 Å². The monoisotopic (exact) mass is 429 g/mol. The predicted molar refractivity (Wildman–Crippen MR) is 116 cm³/mol. The zero-order valence-electron chi connectivity index (χ0n) is 17.5. The molecular formula is C25H23N3O4. The lowest BCUT2D eigenvalue weighted by molar-refractivity contribution is -0.152. The van der Waals surface area contributed by atoms with Crippen molar-refractivity contribution in [1.82, 2.24) is 4.98 Å². The molecule has 5 rings (SSSR count). The molecule has 3 unspecified atom stereocenters. The van der Waals surface area contributed by atoms with Crippen molar-refractivity contribution in [1.29, 1.82) is 5.26 Å². The number of hydrogen-bond donors (Lipinski definition) is 3. The fraction of sp³-hybridized carbons (Fsp3) is 0.280. The first kappa shape index (κ1) is 20.5. The molecule has 0 spiro atoms. The summed E-state index contributed by atoms with van der Waals surface area (Å²) in [6.45, 7) is 0.132. The molecule has 0 amide bonds. The van der Waals surface area contributed by atoms with Gasteiger partial charge in [-0.15, -0.1) is 0 Å². The van der Waals surface area contributed by atoms with Gasteiger partial charge in [-0.1, -0.05) is 42.5 Å². The molecule has 3 aromatic rings. The summed E-state index contributed by atoms with van der Waals surface area (Å²) in [4.78, 5) is 4.19.